The third kappa shape index (κ3) is 3.86. The fraction of sp³-hybridized carbons (Fsp3) is 0.500. The van der Waals surface area contributed by atoms with Crippen LogP contribution in [0.4, 0.5) is 17.3 Å². The topological polar surface area (TPSA) is 44.3 Å². The van der Waals surface area contributed by atoms with Gasteiger partial charge in [-0.05, 0) is 37.5 Å². The van der Waals surface area contributed by atoms with Gasteiger partial charge in [0.25, 0.3) is 0 Å². The molecule has 4 rings (SSSR count). The molecule has 1 saturated carbocycles. The van der Waals surface area contributed by atoms with E-state index in [1.807, 2.05) is 0 Å². The summed E-state index contributed by atoms with van der Waals surface area (Å²) < 4.78 is 0. The SMILES string of the molecule is Cc1cccc(N2CCN(c3cc(NC4CCCC4)ncn3)CC2)c1. The molecule has 2 heterocycles. The van der Waals surface area contributed by atoms with Crippen molar-refractivity contribution in [3.63, 3.8) is 0 Å². The van der Waals surface area contributed by atoms with Gasteiger partial charge in [0.05, 0.1) is 0 Å². The largest absolute Gasteiger partial charge is 0.368 e. The van der Waals surface area contributed by atoms with E-state index in [1.165, 1.54) is 36.9 Å². The molecular weight excluding hydrogens is 310 g/mol. The molecule has 5 nitrogen and oxygen atoms in total. The highest BCUT2D eigenvalue weighted by molar-refractivity contribution is 5.53. The van der Waals surface area contributed by atoms with Crippen LogP contribution in [0.25, 0.3) is 0 Å². The number of aryl methyl sites for hydroxylation is 1. The Morgan fingerprint density at radius 3 is 2.48 bits per heavy atom. The summed E-state index contributed by atoms with van der Waals surface area (Å²) in [6, 6.07) is 11.5. The molecule has 1 saturated heterocycles. The molecule has 0 amide bonds. The van der Waals surface area contributed by atoms with Crippen LogP contribution in [0.15, 0.2) is 36.7 Å². The number of benzene rings is 1. The molecule has 1 aliphatic carbocycles. The van der Waals surface area contributed by atoms with Crippen LogP contribution in [0.5, 0.6) is 0 Å². The van der Waals surface area contributed by atoms with E-state index in [4.69, 9.17) is 0 Å². The highest BCUT2D eigenvalue weighted by Crippen LogP contribution is 2.24. The van der Waals surface area contributed by atoms with Gasteiger partial charge >= 0.3 is 0 Å². The Bertz CT molecular complexity index is 703. The second kappa shape index (κ2) is 7.30. The summed E-state index contributed by atoms with van der Waals surface area (Å²) in [5.41, 5.74) is 2.64. The van der Waals surface area contributed by atoms with Gasteiger partial charge in [-0.3, -0.25) is 0 Å². The van der Waals surface area contributed by atoms with Crippen molar-refractivity contribution >= 4 is 17.3 Å². The zero-order chi connectivity index (χ0) is 17.1. The number of piperazine rings is 1. The molecule has 5 heteroatoms. The van der Waals surface area contributed by atoms with Crippen molar-refractivity contribution in [3.05, 3.63) is 42.2 Å². The van der Waals surface area contributed by atoms with Gasteiger partial charge in [0, 0.05) is 44.0 Å². The quantitative estimate of drug-likeness (QED) is 0.925. The zero-order valence-electron chi connectivity index (χ0n) is 15.0. The number of nitrogens with zero attached hydrogens (tertiary/aromatic N) is 4. The summed E-state index contributed by atoms with van der Waals surface area (Å²) in [4.78, 5) is 13.7. The smallest absolute Gasteiger partial charge is 0.134 e. The monoisotopic (exact) mass is 337 g/mol. The average Bonchev–Trinajstić information content (AvgIpc) is 3.15. The maximum atomic E-state index is 4.51. The van der Waals surface area contributed by atoms with Crippen molar-refractivity contribution in [2.24, 2.45) is 0 Å². The molecule has 1 aliphatic heterocycles. The standard InChI is InChI=1S/C20H27N5/c1-16-5-4-8-18(13-16)24-9-11-25(12-10-24)20-14-19(21-15-22-20)23-17-6-2-3-7-17/h4-5,8,13-15,17H,2-3,6-7,9-12H2,1H3,(H,21,22,23). The van der Waals surface area contributed by atoms with Crippen molar-refractivity contribution in [1.82, 2.24) is 9.97 Å². The fourth-order valence-electron chi connectivity index (χ4n) is 3.90. The van der Waals surface area contributed by atoms with Crippen molar-refractivity contribution in [2.45, 2.75) is 38.6 Å². The van der Waals surface area contributed by atoms with Gasteiger partial charge in [-0.2, -0.15) is 0 Å². The van der Waals surface area contributed by atoms with Gasteiger partial charge in [0.15, 0.2) is 0 Å². The van der Waals surface area contributed by atoms with Gasteiger partial charge in [0.1, 0.15) is 18.0 Å². The van der Waals surface area contributed by atoms with E-state index < -0.39 is 0 Å². The third-order valence-electron chi connectivity index (χ3n) is 5.33. The molecule has 132 valence electrons. The Balaban J connectivity index is 1.38. The average molecular weight is 337 g/mol. The predicted octanol–water partition coefficient (Wildman–Crippen LogP) is 3.47. The Labute approximate surface area is 150 Å². The van der Waals surface area contributed by atoms with Crippen LogP contribution in [-0.2, 0) is 0 Å². The van der Waals surface area contributed by atoms with E-state index in [9.17, 15) is 0 Å². The third-order valence-corrected chi connectivity index (χ3v) is 5.33. The van der Waals surface area contributed by atoms with E-state index in [0.29, 0.717) is 6.04 Å². The minimum absolute atomic E-state index is 0.584. The van der Waals surface area contributed by atoms with Gasteiger partial charge in [0.2, 0.25) is 0 Å². The number of hydrogen-bond donors (Lipinski definition) is 1. The Hall–Kier alpha value is -2.30. The van der Waals surface area contributed by atoms with Crippen LogP contribution < -0.4 is 15.1 Å². The molecular formula is C20H27N5. The maximum absolute atomic E-state index is 4.51. The van der Waals surface area contributed by atoms with Crippen molar-refractivity contribution in [2.75, 3.05) is 41.3 Å². The minimum Gasteiger partial charge on any atom is -0.368 e. The number of aromatic nitrogens is 2. The van der Waals surface area contributed by atoms with E-state index in [-0.39, 0.29) is 0 Å². The Kier molecular flexibility index (Phi) is 4.72. The van der Waals surface area contributed by atoms with Crippen molar-refractivity contribution in [1.29, 1.82) is 0 Å². The summed E-state index contributed by atoms with van der Waals surface area (Å²) in [7, 11) is 0. The maximum Gasteiger partial charge on any atom is 0.134 e. The molecule has 1 N–H and O–H groups in total. The predicted molar refractivity (Wildman–Crippen MR) is 104 cm³/mol. The molecule has 0 atom stereocenters. The first kappa shape index (κ1) is 16.2. The molecule has 0 radical (unpaired) electrons. The normalized spacial score (nSPS) is 18.6. The lowest BCUT2D eigenvalue weighted by molar-refractivity contribution is 0.646. The van der Waals surface area contributed by atoms with Crippen molar-refractivity contribution in [3.8, 4) is 0 Å². The molecule has 2 aromatic rings. The van der Waals surface area contributed by atoms with Crippen LogP contribution in [0, 0.1) is 6.92 Å². The summed E-state index contributed by atoms with van der Waals surface area (Å²) in [5, 5.41) is 3.57. The van der Waals surface area contributed by atoms with Crippen LogP contribution in [0.1, 0.15) is 31.2 Å². The first-order valence-corrected chi connectivity index (χ1v) is 9.43. The van der Waals surface area contributed by atoms with E-state index in [0.717, 1.165) is 37.8 Å². The highest BCUT2D eigenvalue weighted by atomic mass is 15.3. The van der Waals surface area contributed by atoms with Gasteiger partial charge < -0.3 is 15.1 Å². The van der Waals surface area contributed by atoms with Gasteiger partial charge in [-0.15, -0.1) is 0 Å². The van der Waals surface area contributed by atoms with Crippen LogP contribution in [0.3, 0.4) is 0 Å². The fourth-order valence-corrected chi connectivity index (χ4v) is 3.90. The van der Waals surface area contributed by atoms with E-state index in [2.05, 4.69) is 62.3 Å². The Morgan fingerprint density at radius 2 is 1.72 bits per heavy atom. The summed E-state index contributed by atoms with van der Waals surface area (Å²) in [5.74, 6) is 2.01. The summed E-state index contributed by atoms with van der Waals surface area (Å²) in [6.45, 7) is 6.19. The summed E-state index contributed by atoms with van der Waals surface area (Å²) in [6.07, 6.45) is 6.87. The molecule has 0 spiro atoms. The lowest BCUT2D eigenvalue weighted by atomic mass is 10.2. The van der Waals surface area contributed by atoms with Gasteiger partial charge in [-0.1, -0.05) is 25.0 Å². The minimum atomic E-state index is 0.584. The Morgan fingerprint density at radius 1 is 0.960 bits per heavy atom. The number of nitrogens with one attached hydrogen (secondary N) is 1. The van der Waals surface area contributed by atoms with E-state index in [1.54, 1.807) is 6.33 Å². The summed E-state index contributed by atoms with van der Waals surface area (Å²) >= 11 is 0. The van der Waals surface area contributed by atoms with Gasteiger partial charge in [-0.25, -0.2) is 9.97 Å². The highest BCUT2D eigenvalue weighted by Gasteiger charge is 2.20. The lowest BCUT2D eigenvalue weighted by Crippen LogP contribution is -2.46. The molecule has 2 aliphatic rings. The first-order valence-electron chi connectivity index (χ1n) is 9.43. The number of anilines is 3. The molecule has 1 aromatic heterocycles. The second-order valence-corrected chi connectivity index (χ2v) is 7.20. The molecule has 0 unspecified atom stereocenters. The lowest BCUT2D eigenvalue weighted by Gasteiger charge is -2.37. The second-order valence-electron chi connectivity index (χ2n) is 7.20. The molecule has 1 aromatic carbocycles. The molecule has 2 fully saturated rings. The van der Waals surface area contributed by atoms with Crippen LogP contribution >= 0.6 is 0 Å². The molecule has 0 bridgehead atoms. The number of rotatable bonds is 4. The van der Waals surface area contributed by atoms with Crippen LogP contribution in [0.2, 0.25) is 0 Å². The van der Waals surface area contributed by atoms with E-state index >= 15 is 0 Å². The molecule has 25 heavy (non-hydrogen) atoms. The first-order chi connectivity index (χ1) is 12.3. The number of hydrogen-bond acceptors (Lipinski definition) is 5. The van der Waals surface area contributed by atoms with Crippen LogP contribution in [-0.4, -0.2) is 42.2 Å². The zero-order valence-corrected chi connectivity index (χ0v) is 15.0. The van der Waals surface area contributed by atoms with Crippen molar-refractivity contribution < 1.29 is 0 Å².